The van der Waals surface area contributed by atoms with Gasteiger partial charge in [0.2, 0.25) is 0 Å². The van der Waals surface area contributed by atoms with E-state index in [0.29, 0.717) is 17.6 Å². The number of nitrogens with one attached hydrogen (secondary N) is 1. The van der Waals surface area contributed by atoms with Crippen LogP contribution in [0.4, 0.5) is 0 Å². The van der Waals surface area contributed by atoms with Gasteiger partial charge in [-0.1, -0.05) is 0 Å². The molecule has 1 aromatic heterocycles. The monoisotopic (exact) mass is 291 g/mol. The molecule has 6 nitrogen and oxygen atoms in total. The van der Waals surface area contributed by atoms with Crippen molar-refractivity contribution in [3.05, 3.63) is 53.5 Å². The summed E-state index contributed by atoms with van der Waals surface area (Å²) in [7, 11) is 1.24. The predicted octanol–water partition coefficient (Wildman–Crippen LogP) is 1.50. The Morgan fingerprint density at radius 1 is 1.40 bits per heavy atom. The summed E-state index contributed by atoms with van der Waals surface area (Å²) in [5.74, 6) is -0.609. The Morgan fingerprint density at radius 2 is 2.15 bits per heavy atom. The van der Waals surface area contributed by atoms with Gasteiger partial charge in [-0.15, -0.1) is 12.6 Å². The molecule has 0 saturated carbocycles. The molecule has 0 aliphatic carbocycles. The number of carbonyl (C=O) groups excluding carboxylic acids is 2. The van der Waals surface area contributed by atoms with Crippen molar-refractivity contribution in [1.82, 2.24) is 15.2 Å². The van der Waals surface area contributed by atoms with Crippen molar-refractivity contribution < 1.29 is 14.3 Å². The normalized spacial score (nSPS) is 11.5. The molecule has 0 aromatic carbocycles. The summed E-state index contributed by atoms with van der Waals surface area (Å²) < 4.78 is 4.53. The second-order valence-corrected chi connectivity index (χ2v) is 3.88. The average molecular weight is 291 g/mol. The Labute approximate surface area is 121 Å². The molecular weight excluding hydrogens is 278 g/mol. The molecule has 0 saturated heterocycles. The third kappa shape index (κ3) is 5.07. The van der Waals surface area contributed by atoms with Gasteiger partial charge in [0, 0.05) is 18.0 Å². The van der Waals surface area contributed by atoms with E-state index in [4.69, 9.17) is 0 Å². The third-order valence-electron chi connectivity index (χ3n) is 2.08. The van der Waals surface area contributed by atoms with E-state index >= 15 is 0 Å². The highest BCUT2D eigenvalue weighted by Gasteiger charge is 2.07. The zero-order chi connectivity index (χ0) is 14.8. The summed E-state index contributed by atoms with van der Waals surface area (Å²) in [4.78, 5) is 26.1. The van der Waals surface area contributed by atoms with Crippen molar-refractivity contribution in [3.8, 4) is 0 Å². The second-order valence-electron chi connectivity index (χ2n) is 3.40. The molecule has 1 N–H and O–H groups in total. The molecule has 0 aliphatic rings. The fourth-order valence-electron chi connectivity index (χ4n) is 1.18. The first kappa shape index (κ1) is 15.6. The Morgan fingerprint density at radius 3 is 2.85 bits per heavy atom. The highest BCUT2D eigenvalue weighted by Crippen LogP contribution is 2.15. The topological polar surface area (TPSA) is 84.9 Å². The van der Waals surface area contributed by atoms with Gasteiger partial charge in [-0.05, 0) is 24.3 Å². The number of rotatable bonds is 4. The van der Waals surface area contributed by atoms with Crippen LogP contribution in [0.2, 0.25) is 0 Å². The van der Waals surface area contributed by atoms with Gasteiger partial charge in [0.05, 0.1) is 23.9 Å². The van der Waals surface area contributed by atoms with E-state index in [1.54, 1.807) is 18.3 Å². The highest BCUT2D eigenvalue weighted by molar-refractivity contribution is 7.85. The summed E-state index contributed by atoms with van der Waals surface area (Å²) in [6.45, 7) is 0. The van der Waals surface area contributed by atoms with E-state index in [0.717, 1.165) is 0 Å². The SMILES string of the molecule is COC(=O)/C(S)=C/C(=C/C=O)c1cnccccn[nH]1. The van der Waals surface area contributed by atoms with Crippen molar-refractivity contribution >= 4 is 30.5 Å². The van der Waals surface area contributed by atoms with E-state index < -0.39 is 5.97 Å². The minimum atomic E-state index is -0.609. The maximum Gasteiger partial charge on any atom is 0.344 e. The average Bonchev–Trinajstić information content (AvgIpc) is 2.59. The molecule has 0 aliphatic heterocycles. The number of aromatic amines is 1. The van der Waals surface area contributed by atoms with Crippen LogP contribution in [0.1, 0.15) is 5.69 Å². The lowest BCUT2D eigenvalue weighted by Crippen LogP contribution is -2.00. The van der Waals surface area contributed by atoms with Crippen LogP contribution in [0, 0.1) is 0 Å². The lowest BCUT2D eigenvalue weighted by Gasteiger charge is -2.01. The van der Waals surface area contributed by atoms with Crippen LogP contribution in [-0.2, 0) is 14.3 Å². The lowest BCUT2D eigenvalue weighted by molar-refractivity contribution is -0.135. The second kappa shape index (κ2) is 8.65. The van der Waals surface area contributed by atoms with Gasteiger partial charge < -0.3 is 4.74 Å². The van der Waals surface area contributed by atoms with Gasteiger partial charge in [-0.25, -0.2) is 4.79 Å². The van der Waals surface area contributed by atoms with Gasteiger partial charge in [-0.2, -0.15) is 5.10 Å². The number of H-pyrrole nitrogens is 1. The maximum absolute atomic E-state index is 11.3. The number of hydrogen-bond donors (Lipinski definition) is 2. The largest absolute Gasteiger partial charge is 0.465 e. The van der Waals surface area contributed by atoms with Crippen LogP contribution < -0.4 is 0 Å². The fourth-order valence-corrected chi connectivity index (χ4v) is 1.41. The summed E-state index contributed by atoms with van der Waals surface area (Å²) in [6, 6.07) is 3.38. The number of thiol groups is 1. The molecular formula is C13H13N3O3S. The Hall–Kier alpha value is -2.41. The van der Waals surface area contributed by atoms with Gasteiger partial charge in [0.1, 0.15) is 6.29 Å². The zero-order valence-corrected chi connectivity index (χ0v) is 11.6. The number of nitrogens with zero attached hydrogens (tertiary/aromatic N) is 2. The van der Waals surface area contributed by atoms with Crippen molar-refractivity contribution in [2.45, 2.75) is 0 Å². The quantitative estimate of drug-likeness (QED) is 0.289. The molecule has 1 rings (SSSR count). The molecule has 1 heterocycles. The molecule has 7 heteroatoms. The molecule has 20 heavy (non-hydrogen) atoms. The lowest BCUT2D eigenvalue weighted by atomic mass is 10.2. The number of allylic oxidation sites excluding steroid dienone is 3. The standard InChI is InChI=1S/C13H13N3O3S/c1-19-13(18)12(20)8-10(4-7-17)11-9-14-5-2-3-6-15-16-11/h2-9,16,20H,1H3/b3-2?,10-4-,11-9?,12-8-,14-5?,15-6?. The number of ether oxygens (including phenoxy) is 1. The summed E-state index contributed by atoms with van der Waals surface area (Å²) in [5, 5.41) is 6.63. The van der Waals surface area contributed by atoms with Crippen LogP contribution in [0.5, 0.6) is 0 Å². The van der Waals surface area contributed by atoms with E-state index in [-0.39, 0.29) is 4.91 Å². The summed E-state index contributed by atoms with van der Waals surface area (Å²) in [6.07, 6.45) is 7.79. The number of esters is 1. The first-order valence-corrected chi connectivity index (χ1v) is 5.96. The Kier molecular flexibility index (Phi) is 6.77. The van der Waals surface area contributed by atoms with Crippen molar-refractivity contribution in [2.24, 2.45) is 0 Å². The van der Waals surface area contributed by atoms with E-state index in [9.17, 15) is 9.59 Å². The predicted molar refractivity (Wildman–Crippen MR) is 77.1 cm³/mol. The minimum absolute atomic E-state index is 0.0502. The van der Waals surface area contributed by atoms with Crippen LogP contribution in [0.3, 0.4) is 0 Å². The Bertz CT molecular complexity index is 568. The van der Waals surface area contributed by atoms with Gasteiger partial charge in [0.25, 0.3) is 0 Å². The number of hydrogen-bond acceptors (Lipinski definition) is 6. The fraction of sp³-hybridized carbons (Fsp3) is 0.0769. The maximum atomic E-state index is 11.3. The van der Waals surface area contributed by atoms with E-state index in [1.807, 2.05) is 0 Å². The minimum Gasteiger partial charge on any atom is -0.465 e. The molecule has 0 amide bonds. The molecule has 1 aromatic rings. The van der Waals surface area contributed by atoms with E-state index in [1.165, 1.54) is 31.7 Å². The molecule has 0 spiro atoms. The molecule has 0 fully saturated rings. The number of carbonyl (C=O) groups is 2. The first-order chi connectivity index (χ1) is 9.69. The van der Waals surface area contributed by atoms with Crippen molar-refractivity contribution in [1.29, 1.82) is 0 Å². The van der Waals surface area contributed by atoms with Crippen molar-refractivity contribution in [2.75, 3.05) is 7.11 Å². The summed E-state index contributed by atoms with van der Waals surface area (Å²) in [5.41, 5.74) is 0.829. The summed E-state index contributed by atoms with van der Waals surface area (Å²) >= 11 is 4.01. The molecule has 0 unspecified atom stereocenters. The third-order valence-corrected chi connectivity index (χ3v) is 2.39. The van der Waals surface area contributed by atoms with Crippen molar-refractivity contribution in [3.63, 3.8) is 0 Å². The first-order valence-electron chi connectivity index (χ1n) is 5.51. The number of methoxy groups -OCH3 is 1. The Balaban J connectivity index is 3.30. The molecule has 104 valence electrons. The smallest absolute Gasteiger partial charge is 0.344 e. The molecule has 0 radical (unpaired) electrons. The van der Waals surface area contributed by atoms with Crippen LogP contribution >= 0.6 is 12.6 Å². The van der Waals surface area contributed by atoms with Crippen LogP contribution in [-0.4, -0.2) is 34.5 Å². The number of aromatic nitrogens is 3. The van der Waals surface area contributed by atoms with Gasteiger partial charge in [-0.3, -0.25) is 14.9 Å². The highest BCUT2D eigenvalue weighted by atomic mass is 32.1. The van der Waals surface area contributed by atoms with Gasteiger partial charge in [0.15, 0.2) is 0 Å². The van der Waals surface area contributed by atoms with E-state index in [2.05, 4.69) is 32.5 Å². The number of aldehydes is 1. The molecule has 0 atom stereocenters. The van der Waals surface area contributed by atoms with Crippen LogP contribution in [0.15, 0.2) is 47.8 Å². The molecule has 0 bridgehead atoms. The van der Waals surface area contributed by atoms with Crippen LogP contribution in [0.25, 0.3) is 5.57 Å². The zero-order valence-electron chi connectivity index (χ0n) is 10.7. The van der Waals surface area contributed by atoms with Gasteiger partial charge >= 0.3 is 5.97 Å².